The van der Waals surface area contributed by atoms with Crippen LogP contribution in [0, 0.1) is 5.92 Å². The monoisotopic (exact) mass is 259 g/mol. The van der Waals surface area contributed by atoms with Crippen molar-refractivity contribution in [3.8, 4) is 0 Å². The first-order valence-corrected chi connectivity index (χ1v) is 7.35. The molecule has 2 nitrogen and oxygen atoms in total. The summed E-state index contributed by atoms with van der Waals surface area (Å²) in [5.74, 6) is 0.647. The molecule has 1 fully saturated rings. The van der Waals surface area contributed by atoms with Crippen LogP contribution < -0.4 is 5.32 Å². The molecule has 2 unspecified atom stereocenters. The Bertz CT molecular complexity index is 399. The molecule has 0 aliphatic heterocycles. The summed E-state index contributed by atoms with van der Waals surface area (Å²) < 4.78 is 0. The average Bonchev–Trinajstić information content (AvgIpc) is 2.40. The zero-order valence-electron chi connectivity index (χ0n) is 11.8. The smallest absolute Gasteiger partial charge is 0.0543 e. The average molecular weight is 259 g/mol. The molecule has 2 N–H and O–H groups in total. The molecule has 0 amide bonds. The van der Waals surface area contributed by atoms with Gasteiger partial charge in [-0.2, -0.15) is 0 Å². The van der Waals surface area contributed by atoms with E-state index in [9.17, 15) is 5.11 Å². The van der Waals surface area contributed by atoms with Crippen molar-refractivity contribution in [2.75, 3.05) is 13.1 Å². The van der Waals surface area contributed by atoms with Gasteiger partial charge in [-0.1, -0.05) is 48.4 Å². The predicted octanol–water partition coefficient (Wildman–Crippen LogP) is 3.23. The van der Waals surface area contributed by atoms with Crippen molar-refractivity contribution in [2.45, 2.75) is 38.7 Å². The minimum atomic E-state index is -0.0680. The summed E-state index contributed by atoms with van der Waals surface area (Å²) in [7, 11) is 0. The summed E-state index contributed by atoms with van der Waals surface area (Å²) >= 11 is 0. The molecule has 0 heterocycles. The second-order valence-corrected chi connectivity index (χ2v) is 5.72. The van der Waals surface area contributed by atoms with E-state index < -0.39 is 0 Å². The van der Waals surface area contributed by atoms with E-state index in [0.29, 0.717) is 5.92 Å². The van der Waals surface area contributed by atoms with Gasteiger partial charge in [0, 0.05) is 6.54 Å². The van der Waals surface area contributed by atoms with Gasteiger partial charge in [-0.15, -0.1) is 0 Å². The number of aliphatic hydroxyl groups excluding tert-OH is 1. The maximum Gasteiger partial charge on any atom is 0.0543 e. The zero-order chi connectivity index (χ0) is 13.5. The minimum Gasteiger partial charge on any atom is -0.393 e. The SMILES string of the molecule is CC(=Cc1ccccc1)CNCC1CCCC(O)C1. The highest BCUT2D eigenvalue weighted by Crippen LogP contribution is 2.23. The first-order chi connectivity index (χ1) is 9.24. The summed E-state index contributed by atoms with van der Waals surface area (Å²) in [5, 5.41) is 13.2. The van der Waals surface area contributed by atoms with Crippen LogP contribution in [0.4, 0.5) is 0 Å². The fourth-order valence-corrected chi connectivity index (χ4v) is 2.81. The number of benzene rings is 1. The van der Waals surface area contributed by atoms with E-state index in [1.807, 2.05) is 6.07 Å². The molecule has 1 aliphatic carbocycles. The third-order valence-corrected chi connectivity index (χ3v) is 3.80. The molecular weight excluding hydrogens is 234 g/mol. The van der Waals surface area contributed by atoms with Crippen LogP contribution in [0.15, 0.2) is 35.9 Å². The lowest BCUT2D eigenvalue weighted by molar-refractivity contribution is 0.101. The number of aliphatic hydroxyl groups is 1. The van der Waals surface area contributed by atoms with E-state index in [4.69, 9.17) is 0 Å². The molecule has 2 heteroatoms. The number of rotatable bonds is 5. The van der Waals surface area contributed by atoms with Crippen molar-refractivity contribution in [1.82, 2.24) is 5.32 Å². The molecule has 1 aromatic rings. The molecule has 0 radical (unpaired) electrons. The molecule has 1 aromatic carbocycles. The van der Waals surface area contributed by atoms with Crippen LogP contribution >= 0.6 is 0 Å². The number of hydrogen-bond donors (Lipinski definition) is 2. The third kappa shape index (κ3) is 5.17. The maximum absolute atomic E-state index is 9.64. The maximum atomic E-state index is 9.64. The summed E-state index contributed by atoms with van der Waals surface area (Å²) in [6.45, 7) is 4.12. The van der Waals surface area contributed by atoms with E-state index >= 15 is 0 Å². The fourth-order valence-electron chi connectivity index (χ4n) is 2.81. The lowest BCUT2D eigenvalue weighted by Crippen LogP contribution is -2.29. The number of nitrogens with one attached hydrogen (secondary N) is 1. The Morgan fingerprint density at radius 1 is 1.32 bits per heavy atom. The molecule has 1 aliphatic rings. The Morgan fingerprint density at radius 3 is 2.84 bits per heavy atom. The van der Waals surface area contributed by atoms with Crippen LogP contribution in [0.1, 0.15) is 38.2 Å². The largest absolute Gasteiger partial charge is 0.393 e. The van der Waals surface area contributed by atoms with Crippen molar-refractivity contribution in [3.05, 3.63) is 41.5 Å². The van der Waals surface area contributed by atoms with Crippen LogP contribution in [0.3, 0.4) is 0 Å². The van der Waals surface area contributed by atoms with Crippen molar-refractivity contribution < 1.29 is 5.11 Å². The van der Waals surface area contributed by atoms with Crippen molar-refractivity contribution in [1.29, 1.82) is 0 Å². The van der Waals surface area contributed by atoms with Gasteiger partial charge in [0.2, 0.25) is 0 Å². The summed E-state index contributed by atoms with van der Waals surface area (Å²) in [5.41, 5.74) is 2.61. The van der Waals surface area contributed by atoms with Gasteiger partial charge in [-0.3, -0.25) is 0 Å². The van der Waals surface area contributed by atoms with Gasteiger partial charge in [-0.25, -0.2) is 0 Å². The zero-order valence-corrected chi connectivity index (χ0v) is 11.8. The quantitative estimate of drug-likeness (QED) is 0.851. The fraction of sp³-hybridized carbons (Fsp3) is 0.529. The highest BCUT2D eigenvalue weighted by Gasteiger charge is 2.19. The minimum absolute atomic E-state index is 0.0680. The topological polar surface area (TPSA) is 32.3 Å². The van der Waals surface area contributed by atoms with Crippen molar-refractivity contribution >= 4 is 6.08 Å². The Hall–Kier alpha value is -1.12. The summed E-state index contributed by atoms with van der Waals surface area (Å²) in [6, 6.07) is 10.4. The molecule has 1 saturated carbocycles. The third-order valence-electron chi connectivity index (χ3n) is 3.80. The Morgan fingerprint density at radius 2 is 2.11 bits per heavy atom. The second-order valence-electron chi connectivity index (χ2n) is 5.72. The van der Waals surface area contributed by atoms with Gasteiger partial charge in [-0.05, 0) is 44.2 Å². The molecule has 0 saturated heterocycles. The van der Waals surface area contributed by atoms with Gasteiger partial charge < -0.3 is 10.4 Å². The van der Waals surface area contributed by atoms with E-state index in [0.717, 1.165) is 25.9 Å². The Kier molecular flexibility index (Phi) is 5.62. The molecule has 104 valence electrons. The van der Waals surface area contributed by atoms with Crippen LogP contribution in [0.2, 0.25) is 0 Å². The molecule has 0 bridgehead atoms. The highest BCUT2D eigenvalue weighted by molar-refractivity contribution is 5.52. The normalized spacial score (nSPS) is 24.4. The van der Waals surface area contributed by atoms with Gasteiger partial charge in [0.1, 0.15) is 0 Å². The summed E-state index contributed by atoms with van der Waals surface area (Å²) in [6.07, 6.45) is 6.54. The lowest BCUT2D eigenvalue weighted by Gasteiger charge is -2.26. The molecule has 2 rings (SSSR count). The van der Waals surface area contributed by atoms with Gasteiger partial charge >= 0.3 is 0 Å². The van der Waals surface area contributed by atoms with E-state index in [2.05, 4.69) is 42.6 Å². The van der Waals surface area contributed by atoms with E-state index in [-0.39, 0.29) is 6.10 Å². The van der Waals surface area contributed by atoms with Crippen LogP contribution in [-0.2, 0) is 0 Å². The molecule has 19 heavy (non-hydrogen) atoms. The standard InChI is InChI=1S/C17H25NO/c1-14(10-15-6-3-2-4-7-15)12-18-13-16-8-5-9-17(19)11-16/h2-4,6-7,10,16-19H,5,8-9,11-13H2,1H3. The van der Waals surface area contributed by atoms with Crippen molar-refractivity contribution in [3.63, 3.8) is 0 Å². The van der Waals surface area contributed by atoms with Gasteiger partial charge in [0.15, 0.2) is 0 Å². The second kappa shape index (κ2) is 7.46. The van der Waals surface area contributed by atoms with Crippen LogP contribution in [0.5, 0.6) is 0 Å². The first kappa shape index (κ1) is 14.3. The van der Waals surface area contributed by atoms with Gasteiger partial charge in [0.25, 0.3) is 0 Å². The molecule has 0 aromatic heterocycles. The first-order valence-electron chi connectivity index (χ1n) is 7.35. The molecule has 0 spiro atoms. The number of hydrogen-bond acceptors (Lipinski definition) is 2. The van der Waals surface area contributed by atoms with E-state index in [1.54, 1.807) is 0 Å². The predicted molar refractivity (Wildman–Crippen MR) is 80.9 cm³/mol. The summed E-state index contributed by atoms with van der Waals surface area (Å²) in [4.78, 5) is 0. The van der Waals surface area contributed by atoms with Crippen LogP contribution in [-0.4, -0.2) is 24.3 Å². The molecule has 2 atom stereocenters. The molecular formula is C17H25NO. The van der Waals surface area contributed by atoms with Gasteiger partial charge in [0.05, 0.1) is 6.10 Å². The Labute approximate surface area is 116 Å². The van der Waals surface area contributed by atoms with E-state index in [1.165, 1.54) is 24.0 Å². The lowest BCUT2D eigenvalue weighted by atomic mass is 9.87. The highest BCUT2D eigenvalue weighted by atomic mass is 16.3. The van der Waals surface area contributed by atoms with Crippen LogP contribution in [0.25, 0.3) is 6.08 Å². The Balaban J connectivity index is 1.72. The van der Waals surface area contributed by atoms with Crippen molar-refractivity contribution in [2.24, 2.45) is 5.92 Å².